The summed E-state index contributed by atoms with van der Waals surface area (Å²) in [4.78, 5) is 20.1. The molecule has 1 aromatic heterocycles. The molecule has 7 heteroatoms. The number of benzene rings is 1. The van der Waals surface area contributed by atoms with Crippen LogP contribution in [0.5, 0.6) is 0 Å². The van der Waals surface area contributed by atoms with Crippen LogP contribution in [0.15, 0.2) is 29.1 Å². The van der Waals surface area contributed by atoms with E-state index in [1.54, 1.807) is 13.1 Å². The van der Waals surface area contributed by atoms with E-state index < -0.39 is 0 Å². The van der Waals surface area contributed by atoms with Crippen LogP contribution in [0.3, 0.4) is 0 Å². The second-order valence-electron chi connectivity index (χ2n) is 3.75. The van der Waals surface area contributed by atoms with E-state index in [0.717, 1.165) is 0 Å². The highest BCUT2D eigenvalue weighted by atomic mass is 35.5. The Morgan fingerprint density at radius 2 is 2.05 bits per heavy atom. The number of nitrogens with one attached hydrogen (secondary N) is 2. The zero-order valence-electron chi connectivity index (χ0n) is 10.6. The van der Waals surface area contributed by atoms with Crippen molar-refractivity contribution in [1.82, 2.24) is 20.0 Å². The molecule has 1 aromatic carbocycles. The van der Waals surface area contributed by atoms with Crippen molar-refractivity contribution in [2.24, 2.45) is 0 Å². The molecule has 0 bridgehead atoms. The zero-order chi connectivity index (χ0) is 13.8. The molecule has 0 unspecified atom stereocenters. The van der Waals surface area contributed by atoms with Crippen LogP contribution in [0.25, 0.3) is 11.4 Å². The van der Waals surface area contributed by atoms with Crippen LogP contribution in [-0.4, -0.2) is 21.6 Å². The van der Waals surface area contributed by atoms with Crippen molar-refractivity contribution in [3.63, 3.8) is 0 Å². The molecule has 0 amide bonds. The summed E-state index contributed by atoms with van der Waals surface area (Å²) in [5.74, 6) is 0.706. The molecule has 0 radical (unpaired) electrons. The van der Waals surface area contributed by atoms with Gasteiger partial charge in [0.2, 0.25) is 5.95 Å². The lowest BCUT2D eigenvalue weighted by molar-refractivity contribution is 0.684. The summed E-state index contributed by atoms with van der Waals surface area (Å²) >= 11 is 6.16. The Balaban J connectivity index is 2.67. The number of hydrogen-bond acceptors (Lipinski definition) is 5. The third-order valence-corrected chi connectivity index (χ3v) is 2.90. The smallest absolute Gasteiger partial charge is 0.290 e. The number of aromatic nitrogens is 3. The van der Waals surface area contributed by atoms with Crippen molar-refractivity contribution in [3.8, 4) is 11.4 Å². The largest absolute Gasteiger partial charge is 0.352 e. The van der Waals surface area contributed by atoms with Gasteiger partial charge in [0.15, 0.2) is 0 Å². The van der Waals surface area contributed by atoms with Crippen LogP contribution in [-0.2, 0) is 6.54 Å². The maximum absolute atomic E-state index is 12.0. The molecule has 2 N–H and O–H groups in total. The van der Waals surface area contributed by atoms with Crippen molar-refractivity contribution in [2.75, 3.05) is 12.5 Å². The van der Waals surface area contributed by atoms with Crippen LogP contribution in [0.2, 0.25) is 5.02 Å². The monoisotopic (exact) mass is 279 g/mol. The van der Waals surface area contributed by atoms with Gasteiger partial charge >= 0.3 is 5.69 Å². The van der Waals surface area contributed by atoms with E-state index in [1.807, 2.05) is 25.1 Å². The minimum absolute atomic E-state index is 0.215. The average Bonchev–Trinajstić information content (AvgIpc) is 2.39. The zero-order valence-corrected chi connectivity index (χ0v) is 11.4. The lowest BCUT2D eigenvalue weighted by Gasteiger charge is -2.12. The van der Waals surface area contributed by atoms with Gasteiger partial charge in [-0.05, 0) is 19.1 Å². The van der Waals surface area contributed by atoms with E-state index in [-0.39, 0.29) is 11.6 Å². The fraction of sp³-hybridized carbons (Fsp3) is 0.250. The standard InChI is InChI=1S/C12H14ClN5O/c1-3-18-10(8-6-4-5-7-9(8)13)15-11(17-14-2)16-12(18)19/h4-7,14H,3H2,1-2H3,(H,16,17,19). The average molecular weight is 280 g/mol. The van der Waals surface area contributed by atoms with E-state index >= 15 is 0 Å². The first kappa shape index (κ1) is 13.5. The van der Waals surface area contributed by atoms with Gasteiger partial charge in [0, 0.05) is 19.2 Å². The Bertz CT molecular complexity index is 640. The van der Waals surface area contributed by atoms with Gasteiger partial charge in [0.25, 0.3) is 0 Å². The van der Waals surface area contributed by atoms with Crippen LogP contribution >= 0.6 is 11.6 Å². The number of halogens is 1. The molecule has 6 nitrogen and oxygen atoms in total. The topological polar surface area (TPSA) is 71.8 Å². The summed E-state index contributed by atoms with van der Waals surface area (Å²) in [6.45, 7) is 2.33. The molecule has 0 fully saturated rings. The second kappa shape index (κ2) is 5.81. The van der Waals surface area contributed by atoms with E-state index in [9.17, 15) is 4.79 Å². The van der Waals surface area contributed by atoms with Crippen molar-refractivity contribution in [1.29, 1.82) is 0 Å². The maximum Gasteiger partial charge on any atom is 0.352 e. The quantitative estimate of drug-likeness (QED) is 0.831. The maximum atomic E-state index is 12.0. The normalized spacial score (nSPS) is 10.5. The van der Waals surface area contributed by atoms with Gasteiger partial charge in [-0.15, -0.1) is 0 Å². The molecule has 0 aliphatic heterocycles. The number of nitrogens with zero attached hydrogens (tertiary/aromatic N) is 3. The Morgan fingerprint density at radius 3 is 2.68 bits per heavy atom. The van der Waals surface area contributed by atoms with Gasteiger partial charge < -0.3 is 0 Å². The molecule has 0 aliphatic rings. The Hall–Kier alpha value is -1.92. The van der Waals surface area contributed by atoms with E-state index in [0.29, 0.717) is 23.0 Å². The highest BCUT2D eigenvalue weighted by molar-refractivity contribution is 6.33. The summed E-state index contributed by atoms with van der Waals surface area (Å²) in [5, 5.41) is 0.540. The lowest BCUT2D eigenvalue weighted by atomic mass is 10.2. The predicted octanol–water partition coefficient (Wildman–Crippen LogP) is 1.52. The molecule has 0 aliphatic carbocycles. The summed E-state index contributed by atoms with van der Waals surface area (Å²) in [5.41, 5.74) is 5.72. The summed E-state index contributed by atoms with van der Waals surface area (Å²) in [6.07, 6.45) is 0. The Labute approximate surface area is 115 Å². The highest BCUT2D eigenvalue weighted by Gasteiger charge is 2.13. The molecular formula is C12H14ClN5O. The van der Waals surface area contributed by atoms with Crippen molar-refractivity contribution < 1.29 is 0 Å². The first-order chi connectivity index (χ1) is 9.17. The van der Waals surface area contributed by atoms with Gasteiger partial charge in [-0.25, -0.2) is 10.2 Å². The van der Waals surface area contributed by atoms with Gasteiger partial charge in [-0.1, -0.05) is 23.7 Å². The molecule has 2 rings (SSSR count). The summed E-state index contributed by atoms with van der Waals surface area (Å²) in [7, 11) is 1.67. The predicted molar refractivity (Wildman–Crippen MR) is 75.1 cm³/mol. The number of hydrazine groups is 1. The minimum atomic E-state index is -0.370. The SMILES string of the molecule is CCn1c(-c2ccccc2Cl)nc(NNC)nc1=O. The molecule has 0 saturated carbocycles. The minimum Gasteiger partial charge on any atom is -0.290 e. The van der Waals surface area contributed by atoms with Crippen LogP contribution in [0.1, 0.15) is 6.92 Å². The summed E-state index contributed by atoms with van der Waals surface area (Å²) in [6, 6.07) is 7.25. The molecule has 0 spiro atoms. The van der Waals surface area contributed by atoms with Gasteiger partial charge in [0.05, 0.1) is 5.02 Å². The van der Waals surface area contributed by atoms with Crippen molar-refractivity contribution in [3.05, 3.63) is 39.8 Å². The van der Waals surface area contributed by atoms with Crippen molar-refractivity contribution in [2.45, 2.75) is 13.5 Å². The molecular weight excluding hydrogens is 266 g/mol. The second-order valence-corrected chi connectivity index (χ2v) is 4.16. The molecule has 100 valence electrons. The van der Waals surface area contributed by atoms with Gasteiger partial charge in [-0.3, -0.25) is 9.99 Å². The summed E-state index contributed by atoms with van der Waals surface area (Å²) < 4.78 is 1.47. The highest BCUT2D eigenvalue weighted by Crippen LogP contribution is 2.25. The van der Waals surface area contributed by atoms with E-state index in [4.69, 9.17) is 11.6 Å². The number of hydrogen-bond donors (Lipinski definition) is 2. The Kier molecular flexibility index (Phi) is 4.13. The lowest BCUT2D eigenvalue weighted by Crippen LogP contribution is -2.29. The first-order valence-electron chi connectivity index (χ1n) is 5.84. The van der Waals surface area contributed by atoms with Gasteiger partial charge in [0.1, 0.15) is 5.82 Å². The molecule has 0 saturated heterocycles. The molecule has 1 heterocycles. The number of anilines is 1. The van der Waals surface area contributed by atoms with Crippen LogP contribution in [0.4, 0.5) is 5.95 Å². The fourth-order valence-electron chi connectivity index (χ4n) is 1.73. The van der Waals surface area contributed by atoms with Gasteiger partial charge in [-0.2, -0.15) is 9.97 Å². The van der Waals surface area contributed by atoms with Crippen LogP contribution < -0.4 is 16.5 Å². The van der Waals surface area contributed by atoms with Crippen molar-refractivity contribution >= 4 is 17.5 Å². The fourth-order valence-corrected chi connectivity index (χ4v) is 1.95. The van der Waals surface area contributed by atoms with Crippen LogP contribution in [0, 0.1) is 0 Å². The first-order valence-corrected chi connectivity index (χ1v) is 6.21. The molecule has 19 heavy (non-hydrogen) atoms. The molecule has 2 aromatic rings. The Morgan fingerprint density at radius 1 is 1.32 bits per heavy atom. The van der Waals surface area contributed by atoms with E-state index in [1.165, 1.54) is 4.57 Å². The third kappa shape index (κ3) is 2.74. The van der Waals surface area contributed by atoms with E-state index in [2.05, 4.69) is 20.8 Å². The third-order valence-electron chi connectivity index (χ3n) is 2.57. The molecule has 0 atom stereocenters. The number of rotatable bonds is 4.